The van der Waals surface area contributed by atoms with Crippen molar-refractivity contribution in [1.29, 1.82) is 0 Å². The van der Waals surface area contributed by atoms with E-state index >= 15 is 0 Å². The molecule has 1 heterocycles. The Hall–Kier alpha value is -2.10. The molecule has 0 aliphatic heterocycles. The van der Waals surface area contributed by atoms with E-state index in [4.69, 9.17) is 0 Å². The zero-order chi connectivity index (χ0) is 13.1. The highest BCUT2D eigenvalue weighted by Crippen LogP contribution is 2.18. The number of hydrogen-bond acceptors (Lipinski definition) is 2. The summed E-state index contributed by atoms with van der Waals surface area (Å²) in [7, 11) is 1.65. The Balaban J connectivity index is 2.06. The number of aromatic amines is 1. The van der Waals surface area contributed by atoms with Crippen molar-refractivity contribution in [3.8, 4) is 0 Å². The van der Waals surface area contributed by atoms with Gasteiger partial charge in [0.25, 0.3) is 5.91 Å². The maximum Gasteiger partial charge on any atom is 0.289 e. The van der Waals surface area contributed by atoms with Crippen LogP contribution < -0.4 is 0 Å². The van der Waals surface area contributed by atoms with Gasteiger partial charge in [-0.3, -0.25) is 9.59 Å². The van der Waals surface area contributed by atoms with Crippen LogP contribution in [-0.2, 0) is 16.0 Å². The Morgan fingerprint density at radius 3 is 2.72 bits per heavy atom. The van der Waals surface area contributed by atoms with Crippen LogP contribution in [0.1, 0.15) is 12.5 Å². The van der Waals surface area contributed by atoms with Crippen LogP contribution in [0.25, 0.3) is 10.9 Å². The fourth-order valence-corrected chi connectivity index (χ4v) is 2.00. The molecule has 4 heteroatoms. The minimum absolute atomic E-state index is 0.420. The van der Waals surface area contributed by atoms with Crippen LogP contribution in [0.2, 0.25) is 0 Å². The molecular weight excluding hydrogens is 228 g/mol. The third kappa shape index (κ3) is 2.42. The van der Waals surface area contributed by atoms with Gasteiger partial charge < -0.3 is 9.88 Å². The number of Topliss-reactive ketones (excluding diaryl/α,β-unsaturated/α-hetero) is 1. The van der Waals surface area contributed by atoms with Crippen molar-refractivity contribution in [2.75, 3.05) is 13.6 Å². The van der Waals surface area contributed by atoms with Gasteiger partial charge in [-0.15, -0.1) is 0 Å². The van der Waals surface area contributed by atoms with Crippen LogP contribution in [0.4, 0.5) is 0 Å². The van der Waals surface area contributed by atoms with Gasteiger partial charge in [0.15, 0.2) is 0 Å². The van der Waals surface area contributed by atoms with Crippen molar-refractivity contribution in [3.63, 3.8) is 0 Å². The summed E-state index contributed by atoms with van der Waals surface area (Å²) in [6.07, 6.45) is 2.69. The molecule has 1 amide bonds. The van der Waals surface area contributed by atoms with E-state index in [0.717, 1.165) is 17.5 Å². The van der Waals surface area contributed by atoms with Gasteiger partial charge in [0.2, 0.25) is 5.78 Å². The number of H-pyrrole nitrogens is 1. The smallest absolute Gasteiger partial charge is 0.289 e. The van der Waals surface area contributed by atoms with E-state index in [1.54, 1.807) is 7.05 Å². The van der Waals surface area contributed by atoms with Crippen molar-refractivity contribution in [2.45, 2.75) is 13.3 Å². The summed E-state index contributed by atoms with van der Waals surface area (Å²) >= 11 is 0. The lowest BCUT2D eigenvalue weighted by Crippen LogP contribution is -2.33. The molecule has 0 fully saturated rings. The monoisotopic (exact) mass is 244 g/mol. The predicted molar refractivity (Wildman–Crippen MR) is 70.3 cm³/mol. The Kier molecular flexibility index (Phi) is 3.46. The van der Waals surface area contributed by atoms with Crippen LogP contribution in [-0.4, -0.2) is 35.2 Å². The molecule has 1 N–H and O–H groups in total. The number of carbonyl (C=O) groups excluding carboxylic acids is 2. The van der Waals surface area contributed by atoms with Crippen molar-refractivity contribution in [2.24, 2.45) is 0 Å². The number of para-hydroxylation sites is 1. The molecule has 2 rings (SSSR count). The molecule has 0 saturated heterocycles. The maximum absolute atomic E-state index is 11.4. The predicted octanol–water partition coefficient (Wildman–Crippen LogP) is 1.76. The molecule has 0 bridgehead atoms. The Morgan fingerprint density at radius 1 is 1.28 bits per heavy atom. The number of rotatable bonds is 4. The van der Waals surface area contributed by atoms with Gasteiger partial charge >= 0.3 is 0 Å². The molecule has 1 aromatic heterocycles. The third-order valence-corrected chi connectivity index (χ3v) is 3.04. The molecule has 0 saturated carbocycles. The van der Waals surface area contributed by atoms with Crippen LogP contribution in [0.3, 0.4) is 0 Å². The first kappa shape index (κ1) is 12.4. The zero-order valence-corrected chi connectivity index (χ0v) is 10.6. The first-order valence-corrected chi connectivity index (χ1v) is 5.90. The summed E-state index contributed by atoms with van der Waals surface area (Å²) in [6, 6.07) is 8.04. The summed E-state index contributed by atoms with van der Waals surface area (Å²) < 4.78 is 0. The maximum atomic E-state index is 11.4. The van der Waals surface area contributed by atoms with Gasteiger partial charge in [0, 0.05) is 37.6 Å². The number of aromatic nitrogens is 1. The lowest BCUT2D eigenvalue weighted by atomic mass is 10.1. The average Bonchev–Trinajstić information content (AvgIpc) is 2.78. The first-order chi connectivity index (χ1) is 8.59. The van der Waals surface area contributed by atoms with E-state index in [-0.39, 0.29) is 0 Å². The van der Waals surface area contributed by atoms with Crippen LogP contribution >= 0.6 is 0 Å². The lowest BCUT2D eigenvalue weighted by Gasteiger charge is -2.14. The molecule has 0 aliphatic rings. The number of ketones is 1. The van der Waals surface area contributed by atoms with Crippen molar-refractivity contribution >= 4 is 22.6 Å². The van der Waals surface area contributed by atoms with E-state index in [1.165, 1.54) is 17.2 Å². The molecule has 0 atom stereocenters. The largest absolute Gasteiger partial charge is 0.361 e. The van der Waals surface area contributed by atoms with Crippen LogP contribution in [0.15, 0.2) is 30.5 Å². The van der Waals surface area contributed by atoms with Gasteiger partial charge in [0.1, 0.15) is 0 Å². The van der Waals surface area contributed by atoms with Crippen molar-refractivity contribution in [3.05, 3.63) is 36.0 Å². The molecule has 94 valence electrons. The second kappa shape index (κ2) is 5.04. The van der Waals surface area contributed by atoms with Crippen LogP contribution in [0, 0.1) is 0 Å². The highest BCUT2D eigenvalue weighted by Gasteiger charge is 2.13. The topological polar surface area (TPSA) is 53.2 Å². The fourth-order valence-electron chi connectivity index (χ4n) is 2.00. The molecule has 0 unspecified atom stereocenters. The number of benzene rings is 1. The second-order valence-corrected chi connectivity index (χ2v) is 4.39. The highest BCUT2D eigenvalue weighted by molar-refractivity contribution is 6.34. The van der Waals surface area contributed by atoms with E-state index in [2.05, 4.69) is 4.98 Å². The van der Waals surface area contributed by atoms with E-state index < -0.39 is 11.7 Å². The molecule has 4 nitrogen and oxygen atoms in total. The standard InChI is InChI=1S/C14H16N2O2/c1-10(17)14(18)16(2)8-7-11-9-15-13-6-4-3-5-12(11)13/h3-6,9,15H,7-8H2,1-2H3. The van der Waals surface area contributed by atoms with Gasteiger partial charge in [0.05, 0.1) is 0 Å². The summed E-state index contributed by atoms with van der Waals surface area (Å²) in [4.78, 5) is 27.1. The normalized spacial score (nSPS) is 10.6. The molecule has 0 spiro atoms. The summed E-state index contributed by atoms with van der Waals surface area (Å²) in [5, 5.41) is 1.17. The van der Waals surface area contributed by atoms with E-state index in [9.17, 15) is 9.59 Å². The number of hydrogen-bond donors (Lipinski definition) is 1. The quantitative estimate of drug-likeness (QED) is 0.833. The summed E-state index contributed by atoms with van der Waals surface area (Å²) in [5.41, 5.74) is 2.25. The van der Waals surface area contributed by atoms with Crippen molar-refractivity contribution < 1.29 is 9.59 Å². The Labute approximate surface area is 106 Å². The number of likely N-dealkylation sites (N-methyl/N-ethyl adjacent to an activating group) is 1. The SMILES string of the molecule is CC(=O)C(=O)N(C)CCc1c[nH]c2ccccc12. The van der Waals surface area contributed by atoms with Gasteiger partial charge in [-0.1, -0.05) is 18.2 Å². The number of nitrogens with zero attached hydrogens (tertiary/aromatic N) is 1. The molecular formula is C14H16N2O2. The highest BCUT2D eigenvalue weighted by atomic mass is 16.2. The minimum atomic E-state index is -0.435. The van der Waals surface area contributed by atoms with Crippen LogP contribution in [0.5, 0.6) is 0 Å². The lowest BCUT2D eigenvalue weighted by molar-refractivity contribution is -0.142. The number of nitrogens with one attached hydrogen (secondary N) is 1. The number of amides is 1. The number of carbonyl (C=O) groups is 2. The Morgan fingerprint density at radius 2 is 2.00 bits per heavy atom. The van der Waals surface area contributed by atoms with E-state index in [1.807, 2.05) is 30.5 Å². The summed E-state index contributed by atoms with van der Waals surface area (Å²) in [6.45, 7) is 1.84. The molecule has 18 heavy (non-hydrogen) atoms. The van der Waals surface area contributed by atoms with Crippen molar-refractivity contribution in [1.82, 2.24) is 9.88 Å². The Bertz CT molecular complexity index is 586. The second-order valence-electron chi connectivity index (χ2n) is 4.39. The average molecular weight is 244 g/mol. The molecule has 1 aromatic carbocycles. The molecule has 2 aromatic rings. The zero-order valence-electron chi connectivity index (χ0n) is 10.6. The summed E-state index contributed by atoms with van der Waals surface area (Å²) in [5.74, 6) is -0.855. The third-order valence-electron chi connectivity index (χ3n) is 3.04. The fraction of sp³-hybridized carbons (Fsp3) is 0.286. The van der Waals surface area contributed by atoms with E-state index in [0.29, 0.717) is 6.54 Å². The molecule has 0 radical (unpaired) electrons. The minimum Gasteiger partial charge on any atom is -0.361 e. The number of fused-ring (bicyclic) bond motifs is 1. The first-order valence-electron chi connectivity index (χ1n) is 5.90. The van der Waals surface area contributed by atoms with Gasteiger partial charge in [-0.2, -0.15) is 0 Å². The molecule has 0 aliphatic carbocycles. The van der Waals surface area contributed by atoms with Gasteiger partial charge in [-0.25, -0.2) is 0 Å². The van der Waals surface area contributed by atoms with Gasteiger partial charge in [-0.05, 0) is 18.1 Å².